The highest BCUT2D eigenvalue weighted by atomic mass is 19.4. The van der Waals surface area contributed by atoms with Gasteiger partial charge in [-0.3, -0.25) is 17.7 Å². The van der Waals surface area contributed by atoms with E-state index >= 15 is 0 Å². The second-order valence-electron chi connectivity index (χ2n) is 0.656. The predicted octanol–water partition coefficient (Wildman–Crippen LogP) is 0.997. The van der Waals surface area contributed by atoms with Gasteiger partial charge in [-0.2, -0.15) is 0 Å². The Bertz CT molecular complexity index is 25.2. The molecule has 0 aliphatic carbocycles. The Labute approximate surface area is 45.6 Å². The number of rotatable bonds is 0. The molecule has 0 aromatic heterocycles. The average Bonchev–Trinajstić information content (AvgIpc) is 1.33. The zero-order chi connectivity index (χ0) is 6.28. The van der Waals surface area contributed by atoms with Crippen molar-refractivity contribution >= 4 is 7.54 Å². The third kappa shape index (κ3) is 1990. The van der Waals surface area contributed by atoms with Crippen LogP contribution >= 0.6 is 0 Å². The van der Waals surface area contributed by atoms with Gasteiger partial charge in [0.05, 0.1) is 0 Å². The summed E-state index contributed by atoms with van der Waals surface area (Å²) >= 11 is 0. The van der Waals surface area contributed by atoms with Crippen molar-refractivity contribution < 1.29 is 17.7 Å². The smallest absolute Gasteiger partial charge is 0.331 e. The molecule has 0 atom stereocenters. The van der Waals surface area contributed by atoms with Crippen molar-refractivity contribution in [1.82, 2.24) is 0 Å². The van der Waals surface area contributed by atoms with Crippen LogP contribution < -0.4 is 5.73 Å². The van der Waals surface area contributed by atoms with Gasteiger partial charge in [-0.25, -0.2) is 0 Å². The monoisotopic (exact) mass is 133 g/mol. The van der Waals surface area contributed by atoms with Crippen LogP contribution in [0.1, 0.15) is 6.92 Å². The summed E-state index contributed by atoms with van der Waals surface area (Å²) in [5.74, 6) is 0. The van der Waals surface area contributed by atoms with E-state index in [0.717, 1.165) is 6.54 Å². The van der Waals surface area contributed by atoms with Crippen molar-refractivity contribution in [1.29, 1.82) is 0 Å². The normalized spacial score (nSPS) is 5.62. The molecule has 0 aliphatic heterocycles. The third-order valence-electron chi connectivity index (χ3n) is 0. The summed E-state index contributed by atoms with van der Waals surface area (Å²) in [5.41, 5.74) is 4.85. The lowest BCUT2D eigenvalue weighted by molar-refractivity contribution is 0.535. The quantitative estimate of drug-likeness (QED) is 0.387. The maximum atomic E-state index is 9.67. The molecular weight excluding hydrogens is 125 g/mol. The third-order valence-corrected chi connectivity index (χ3v) is 0. The molecule has 0 aliphatic rings. The molecule has 0 fully saturated rings. The highest BCUT2D eigenvalue weighted by molar-refractivity contribution is 6.33. The Kier molecular flexibility index (Phi) is 31.1. The van der Waals surface area contributed by atoms with Gasteiger partial charge in [-0.1, -0.05) is 6.92 Å². The summed E-state index contributed by atoms with van der Waals surface area (Å²) in [6.45, 7) is 2.65. The van der Waals surface area contributed by atoms with Gasteiger partial charge in [0.15, 0.2) is 0 Å². The molecule has 0 heterocycles. The van der Waals surface area contributed by atoms with Gasteiger partial charge in [0.25, 0.3) is 0 Å². The Balaban J connectivity index is -0.0000000575. The number of hydrogen-bond acceptors (Lipinski definition) is 1. The first-order valence-electron chi connectivity index (χ1n) is 1.77. The van der Waals surface area contributed by atoms with Gasteiger partial charge >= 0.3 is 7.54 Å². The largest absolute Gasteiger partial charge is 0.762 e. The SMILES string of the molecule is CCN.F.FB(F)F. The Morgan fingerprint density at radius 1 is 1.38 bits per heavy atom. The predicted molar refractivity (Wildman–Crippen MR) is 26.3 cm³/mol. The minimum atomic E-state index is -3.67. The van der Waals surface area contributed by atoms with Crippen molar-refractivity contribution in [3.05, 3.63) is 0 Å². The van der Waals surface area contributed by atoms with E-state index < -0.39 is 7.54 Å². The van der Waals surface area contributed by atoms with Crippen LogP contribution in [0.5, 0.6) is 0 Å². The molecule has 52 valence electrons. The molecule has 0 spiro atoms. The zero-order valence-corrected chi connectivity index (χ0v) is 4.40. The fraction of sp³-hybridized carbons (Fsp3) is 1.00. The van der Waals surface area contributed by atoms with E-state index in [2.05, 4.69) is 0 Å². The maximum absolute atomic E-state index is 9.67. The van der Waals surface area contributed by atoms with E-state index in [9.17, 15) is 12.9 Å². The van der Waals surface area contributed by atoms with Crippen LogP contribution in [0.2, 0.25) is 0 Å². The van der Waals surface area contributed by atoms with Crippen molar-refractivity contribution in [3.63, 3.8) is 0 Å². The van der Waals surface area contributed by atoms with Crippen LogP contribution in [0.15, 0.2) is 0 Å². The highest BCUT2D eigenvalue weighted by Crippen LogP contribution is 1.80. The van der Waals surface area contributed by atoms with Crippen molar-refractivity contribution in [2.75, 3.05) is 6.54 Å². The van der Waals surface area contributed by atoms with Crippen molar-refractivity contribution in [2.24, 2.45) is 5.73 Å². The van der Waals surface area contributed by atoms with Gasteiger partial charge < -0.3 is 5.73 Å². The van der Waals surface area contributed by atoms with Crippen LogP contribution in [0.25, 0.3) is 0 Å². The molecule has 8 heavy (non-hydrogen) atoms. The summed E-state index contributed by atoms with van der Waals surface area (Å²) in [5, 5.41) is 0. The Morgan fingerprint density at radius 2 is 1.38 bits per heavy atom. The van der Waals surface area contributed by atoms with Crippen LogP contribution in [-0.2, 0) is 0 Å². The summed E-state index contributed by atoms with van der Waals surface area (Å²) < 4.78 is 29.0. The van der Waals surface area contributed by atoms with Gasteiger partial charge in [-0.05, 0) is 6.54 Å². The van der Waals surface area contributed by atoms with E-state index in [0.29, 0.717) is 0 Å². The molecule has 0 saturated carbocycles. The standard InChI is InChI=1S/C2H7N.BF3.FH/c1-2-3;2-1(3)4;/h2-3H2,1H3;;1H. The first-order chi connectivity index (χ1) is 3.15. The van der Waals surface area contributed by atoms with E-state index in [1.807, 2.05) is 6.92 Å². The summed E-state index contributed by atoms with van der Waals surface area (Å²) in [7, 11) is -3.67. The molecule has 0 bridgehead atoms. The lowest BCUT2D eigenvalue weighted by Crippen LogP contribution is -1.87. The highest BCUT2D eigenvalue weighted by Gasteiger charge is 2.06. The van der Waals surface area contributed by atoms with Crippen LogP contribution in [0.3, 0.4) is 0 Å². The molecule has 2 N–H and O–H groups in total. The zero-order valence-electron chi connectivity index (χ0n) is 4.40. The first-order valence-corrected chi connectivity index (χ1v) is 1.77. The average molecular weight is 133 g/mol. The van der Waals surface area contributed by atoms with Crippen LogP contribution in [0, 0.1) is 0 Å². The molecule has 0 aromatic rings. The van der Waals surface area contributed by atoms with E-state index in [-0.39, 0.29) is 4.70 Å². The van der Waals surface area contributed by atoms with Gasteiger partial charge in [-0.15, -0.1) is 0 Å². The summed E-state index contributed by atoms with van der Waals surface area (Å²) in [4.78, 5) is 0. The van der Waals surface area contributed by atoms with Gasteiger partial charge in [0, 0.05) is 0 Å². The van der Waals surface area contributed by atoms with Crippen molar-refractivity contribution in [2.45, 2.75) is 6.92 Å². The number of halogens is 4. The topological polar surface area (TPSA) is 26.0 Å². The fourth-order valence-electron chi connectivity index (χ4n) is 0. The Morgan fingerprint density at radius 3 is 1.38 bits per heavy atom. The number of nitrogens with two attached hydrogens (primary N) is 1. The summed E-state index contributed by atoms with van der Waals surface area (Å²) in [6, 6.07) is 0. The van der Waals surface area contributed by atoms with Gasteiger partial charge in [0.1, 0.15) is 0 Å². The molecule has 6 heteroatoms. The second-order valence-corrected chi connectivity index (χ2v) is 0.656. The molecule has 0 radical (unpaired) electrons. The molecule has 0 aromatic carbocycles. The lowest BCUT2D eigenvalue weighted by Gasteiger charge is -1.55. The number of hydrogen-bond donors (Lipinski definition) is 1. The molecule has 0 unspecified atom stereocenters. The summed E-state index contributed by atoms with van der Waals surface area (Å²) in [6.07, 6.45) is 0. The minimum absolute atomic E-state index is 0. The minimum Gasteiger partial charge on any atom is -0.331 e. The van der Waals surface area contributed by atoms with Crippen LogP contribution in [-0.4, -0.2) is 14.1 Å². The van der Waals surface area contributed by atoms with E-state index in [1.54, 1.807) is 0 Å². The molecule has 1 nitrogen and oxygen atoms in total. The van der Waals surface area contributed by atoms with E-state index in [4.69, 9.17) is 5.73 Å². The van der Waals surface area contributed by atoms with Crippen LogP contribution in [0.4, 0.5) is 17.7 Å². The first kappa shape index (κ1) is 15.6. The maximum Gasteiger partial charge on any atom is 0.762 e. The molecule has 0 rings (SSSR count). The fourth-order valence-corrected chi connectivity index (χ4v) is 0. The Hall–Kier alpha value is -0.255. The van der Waals surface area contributed by atoms with Crippen molar-refractivity contribution in [3.8, 4) is 0 Å². The molecule has 0 saturated heterocycles. The van der Waals surface area contributed by atoms with E-state index in [1.165, 1.54) is 0 Å². The molecule has 0 amide bonds. The second kappa shape index (κ2) is 15.9. The van der Waals surface area contributed by atoms with Gasteiger partial charge in [0.2, 0.25) is 0 Å². The molecular formula is C2H8BF4N. The lowest BCUT2D eigenvalue weighted by atomic mass is 10.5.